The van der Waals surface area contributed by atoms with Crippen LogP contribution in [0.3, 0.4) is 0 Å². The van der Waals surface area contributed by atoms with Gasteiger partial charge in [-0.3, -0.25) is 0 Å². The maximum Gasteiger partial charge on any atom is 0.0873 e. The molecule has 0 fully saturated rings. The van der Waals surface area contributed by atoms with Crippen LogP contribution in [0, 0.1) is 20.8 Å². The van der Waals surface area contributed by atoms with Gasteiger partial charge in [-0.15, -0.1) is 0 Å². The summed E-state index contributed by atoms with van der Waals surface area (Å²) in [5, 5.41) is 10.7. The molecule has 0 saturated heterocycles. The quantitative estimate of drug-likeness (QED) is 0.893. The number of aryl methyl sites for hydroxylation is 2. The highest BCUT2D eigenvalue weighted by Crippen LogP contribution is 2.32. The number of rotatable bonds is 4. The number of hydrogen-bond donors (Lipinski definition) is 2. The molecule has 2 aromatic rings. The molecule has 0 spiro atoms. The van der Waals surface area contributed by atoms with E-state index in [0.717, 1.165) is 16.7 Å². The Kier molecular flexibility index (Phi) is 4.58. The van der Waals surface area contributed by atoms with Crippen molar-refractivity contribution in [2.45, 2.75) is 32.8 Å². The van der Waals surface area contributed by atoms with Crippen molar-refractivity contribution in [3.8, 4) is 0 Å². The zero-order valence-corrected chi connectivity index (χ0v) is 12.4. The van der Waals surface area contributed by atoms with Crippen LogP contribution in [0.5, 0.6) is 0 Å². The van der Waals surface area contributed by atoms with E-state index in [0.29, 0.717) is 6.54 Å². The van der Waals surface area contributed by atoms with Gasteiger partial charge in [0.25, 0.3) is 0 Å². The Bertz CT molecular complexity index is 574. The molecule has 0 aliphatic heterocycles. The summed E-state index contributed by atoms with van der Waals surface area (Å²) in [6.07, 6.45) is -0.567. The second-order valence-corrected chi connectivity index (χ2v) is 5.49. The lowest BCUT2D eigenvalue weighted by molar-refractivity contribution is 0.146. The molecule has 2 rings (SSSR count). The first-order valence-electron chi connectivity index (χ1n) is 7.05. The summed E-state index contributed by atoms with van der Waals surface area (Å²) in [6, 6.07) is 14.3. The van der Waals surface area contributed by atoms with Crippen LogP contribution in [0.1, 0.15) is 39.8 Å². The first kappa shape index (κ1) is 14.8. The van der Waals surface area contributed by atoms with Crippen molar-refractivity contribution >= 4 is 0 Å². The Hall–Kier alpha value is -1.64. The molecular formula is C18H23NO. The third-order valence-electron chi connectivity index (χ3n) is 4.11. The first-order valence-corrected chi connectivity index (χ1v) is 7.05. The molecule has 0 aliphatic carbocycles. The maximum absolute atomic E-state index is 10.7. The molecule has 2 atom stereocenters. The molecule has 3 N–H and O–H groups in total. The molecule has 0 heterocycles. The van der Waals surface area contributed by atoms with Crippen LogP contribution in [0.4, 0.5) is 0 Å². The van der Waals surface area contributed by atoms with E-state index in [-0.39, 0.29) is 5.92 Å². The van der Waals surface area contributed by atoms with Crippen molar-refractivity contribution < 1.29 is 5.11 Å². The average Bonchev–Trinajstić information content (AvgIpc) is 2.44. The van der Waals surface area contributed by atoms with Gasteiger partial charge in [0.2, 0.25) is 0 Å². The van der Waals surface area contributed by atoms with Gasteiger partial charge in [0.05, 0.1) is 6.10 Å². The van der Waals surface area contributed by atoms with E-state index < -0.39 is 6.10 Å². The van der Waals surface area contributed by atoms with Gasteiger partial charge in [0.1, 0.15) is 0 Å². The normalized spacial score (nSPS) is 14.1. The molecule has 0 bridgehead atoms. The number of benzene rings is 2. The van der Waals surface area contributed by atoms with Gasteiger partial charge < -0.3 is 10.8 Å². The van der Waals surface area contributed by atoms with E-state index in [4.69, 9.17) is 5.73 Å². The van der Waals surface area contributed by atoms with E-state index in [1.165, 1.54) is 11.1 Å². The lowest BCUT2D eigenvalue weighted by atomic mass is 9.86. The van der Waals surface area contributed by atoms with E-state index in [1.807, 2.05) is 12.1 Å². The summed E-state index contributed by atoms with van der Waals surface area (Å²) in [5.41, 5.74) is 11.5. The Labute approximate surface area is 121 Å². The van der Waals surface area contributed by atoms with Gasteiger partial charge in [-0.05, 0) is 43.0 Å². The van der Waals surface area contributed by atoms with Crippen molar-refractivity contribution in [1.82, 2.24) is 0 Å². The lowest BCUT2D eigenvalue weighted by Crippen LogP contribution is -2.21. The predicted octanol–water partition coefficient (Wildman–Crippen LogP) is 3.39. The topological polar surface area (TPSA) is 46.2 Å². The van der Waals surface area contributed by atoms with Gasteiger partial charge in [0.15, 0.2) is 0 Å². The average molecular weight is 269 g/mol. The summed E-state index contributed by atoms with van der Waals surface area (Å²) in [7, 11) is 0. The van der Waals surface area contributed by atoms with E-state index in [1.54, 1.807) is 0 Å². The Morgan fingerprint density at radius 2 is 1.65 bits per heavy atom. The van der Waals surface area contributed by atoms with Crippen molar-refractivity contribution in [2.75, 3.05) is 6.54 Å². The van der Waals surface area contributed by atoms with Crippen LogP contribution in [0.15, 0.2) is 42.5 Å². The maximum atomic E-state index is 10.7. The fourth-order valence-electron chi connectivity index (χ4n) is 2.57. The molecule has 2 heteroatoms. The largest absolute Gasteiger partial charge is 0.388 e. The molecular weight excluding hydrogens is 246 g/mol. The van der Waals surface area contributed by atoms with Crippen molar-refractivity contribution in [2.24, 2.45) is 5.73 Å². The third-order valence-corrected chi connectivity index (χ3v) is 4.11. The summed E-state index contributed by atoms with van der Waals surface area (Å²) in [6.45, 7) is 6.60. The smallest absolute Gasteiger partial charge is 0.0873 e. The molecule has 0 saturated carbocycles. The predicted molar refractivity (Wildman–Crippen MR) is 83.9 cm³/mol. The number of hydrogen-bond acceptors (Lipinski definition) is 2. The third kappa shape index (κ3) is 2.92. The highest BCUT2D eigenvalue weighted by atomic mass is 16.3. The van der Waals surface area contributed by atoms with Gasteiger partial charge in [-0.1, -0.05) is 48.0 Å². The fraction of sp³-hybridized carbons (Fsp3) is 0.333. The van der Waals surface area contributed by atoms with Crippen molar-refractivity contribution in [3.05, 3.63) is 70.3 Å². The van der Waals surface area contributed by atoms with Crippen molar-refractivity contribution in [3.63, 3.8) is 0 Å². The highest BCUT2D eigenvalue weighted by Gasteiger charge is 2.23. The molecule has 2 aromatic carbocycles. The minimum Gasteiger partial charge on any atom is -0.388 e. The second kappa shape index (κ2) is 6.21. The molecule has 106 valence electrons. The minimum atomic E-state index is -0.567. The number of nitrogens with two attached hydrogens (primary N) is 1. The molecule has 20 heavy (non-hydrogen) atoms. The van der Waals surface area contributed by atoms with Crippen molar-refractivity contribution in [1.29, 1.82) is 0 Å². The van der Waals surface area contributed by atoms with Crippen LogP contribution >= 0.6 is 0 Å². The van der Waals surface area contributed by atoms with Gasteiger partial charge in [0, 0.05) is 12.5 Å². The monoisotopic (exact) mass is 269 g/mol. The van der Waals surface area contributed by atoms with Gasteiger partial charge >= 0.3 is 0 Å². The summed E-state index contributed by atoms with van der Waals surface area (Å²) >= 11 is 0. The first-order chi connectivity index (χ1) is 9.54. The molecule has 2 nitrogen and oxygen atoms in total. The molecule has 0 aliphatic rings. The number of aliphatic hydroxyl groups excluding tert-OH is 1. The SMILES string of the molecule is Cc1ccc(C(CN)C(O)c2cccc(C)c2C)cc1. The number of aliphatic hydroxyl groups is 1. The van der Waals surface area contributed by atoms with Crippen LogP contribution in [0.2, 0.25) is 0 Å². The second-order valence-electron chi connectivity index (χ2n) is 5.49. The van der Waals surface area contributed by atoms with Crippen LogP contribution < -0.4 is 5.73 Å². The zero-order valence-electron chi connectivity index (χ0n) is 12.4. The van der Waals surface area contributed by atoms with Crippen LogP contribution in [-0.4, -0.2) is 11.7 Å². The van der Waals surface area contributed by atoms with E-state index in [2.05, 4.69) is 51.1 Å². The molecule has 2 unspecified atom stereocenters. The molecule has 0 aromatic heterocycles. The molecule has 0 amide bonds. The minimum absolute atomic E-state index is 0.0731. The lowest BCUT2D eigenvalue weighted by Gasteiger charge is -2.24. The Balaban J connectivity index is 2.36. The van der Waals surface area contributed by atoms with Crippen LogP contribution in [0.25, 0.3) is 0 Å². The van der Waals surface area contributed by atoms with E-state index >= 15 is 0 Å². The Morgan fingerprint density at radius 1 is 1.00 bits per heavy atom. The fourth-order valence-corrected chi connectivity index (χ4v) is 2.57. The summed E-state index contributed by atoms with van der Waals surface area (Å²) in [4.78, 5) is 0. The van der Waals surface area contributed by atoms with Gasteiger partial charge in [-0.2, -0.15) is 0 Å². The van der Waals surface area contributed by atoms with E-state index in [9.17, 15) is 5.11 Å². The van der Waals surface area contributed by atoms with Gasteiger partial charge in [-0.25, -0.2) is 0 Å². The molecule has 0 radical (unpaired) electrons. The van der Waals surface area contributed by atoms with Crippen LogP contribution in [-0.2, 0) is 0 Å². The highest BCUT2D eigenvalue weighted by molar-refractivity contribution is 5.37. The Morgan fingerprint density at radius 3 is 2.25 bits per heavy atom. The standard InChI is InChI=1S/C18H23NO/c1-12-7-9-15(10-8-12)17(11-19)18(20)16-6-4-5-13(2)14(16)3/h4-10,17-18,20H,11,19H2,1-3H3. The summed E-state index contributed by atoms with van der Waals surface area (Å²) in [5.74, 6) is -0.0731. The summed E-state index contributed by atoms with van der Waals surface area (Å²) < 4.78 is 0. The zero-order chi connectivity index (χ0) is 14.7.